The fourth-order valence-electron chi connectivity index (χ4n) is 3.40. The number of hydrogen-bond donors (Lipinski definition) is 0. The Labute approximate surface area is 199 Å². The molecule has 0 N–H and O–H groups in total. The first-order chi connectivity index (χ1) is 16.5. The van der Waals surface area contributed by atoms with Gasteiger partial charge in [-0.3, -0.25) is 9.59 Å². The second-order valence-electron chi connectivity index (χ2n) is 7.12. The average molecular weight is 459 g/mol. The molecule has 0 aliphatic rings. The van der Waals surface area contributed by atoms with Crippen LogP contribution in [0.2, 0.25) is 0 Å². The number of ether oxygens (including phenoxy) is 4. The molecule has 6 nitrogen and oxygen atoms in total. The zero-order valence-corrected chi connectivity index (χ0v) is 19.5. The van der Waals surface area contributed by atoms with Gasteiger partial charge < -0.3 is 18.9 Å². The minimum atomic E-state index is -0.207. The van der Waals surface area contributed by atoms with Crippen LogP contribution in [0.3, 0.4) is 0 Å². The molecule has 0 atom stereocenters. The summed E-state index contributed by atoms with van der Waals surface area (Å²) in [5.74, 6) is 1.98. The minimum absolute atomic E-state index is 0.207. The lowest BCUT2D eigenvalue weighted by atomic mass is 10.0. The Bertz CT molecular complexity index is 1080. The minimum Gasteiger partial charge on any atom is -0.496 e. The van der Waals surface area contributed by atoms with Crippen molar-refractivity contribution < 1.29 is 28.5 Å². The summed E-state index contributed by atoms with van der Waals surface area (Å²) in [7, 11) is 6.23. The number of carbonyl (C=O) groups is 2. The van der Waals surface area contributed by atoms with E-state index in [0.717, 1.165) is 0 Å². The molecule has 0 aromatic heterocycles. The molecular weight excluding hydrogens is 432 g/mol. The number of allylic oxidation sites excluding steroid dienone is 2. The maximum Gasteiger partial charge on any atom is 0.185 e. The van der Waals surface area contributed by atoms with E-state index in [1.165, 1.54) is 12.2 Å². The molecule has 0 fully saturated rings. The molecule has 6 heteroatoms. The number of carbonyl (C=O) groups excluding carboxylic acids is 2. The summed E-state index contributed by atoms with van der Waals surface area (Å²) in [6.07, 6.45) is 6.21. The van der Waals surface area contributed by atoms with Gasteiger partial charge in [0.25, 0.3) is 0 Å². The number of benzene rings is 3. The van der Waals surface area contributed by atoms with E-state index in [9.17, 15) is 9.59 Å². The van der Waals surface area contributed by atoms with Crippen molar-refractivity contribution in [3.8, 4) is 23.0 Å². The van der Waals surface area contributed by atoms with Gasteiger partial charge in [-0.1, -0.05) is 36.4 Å². The Balaban J connectivity index is 1.76. The van der Waals surface area contributed by atoms with E-state index in [0.29, 0.717) is 45.3 Å². The van der Waals surface area contributed by atoms with Gasteiger partial charge in [-0.05, 0) is 48.6 Å². The van der Waals surface area contributed by atoms with Crippen LogP contribution in [0.4, 0.5) is 0 Å². The topological polar surface area (TPSA) is 71.1 Å². The smallest absolute Gasteiger partial charge is 0.185 e. The lowest BCUT2D eigenvalue weighted by Crippen LogP contribution is -1.99. The van der Waals surface area contributed by atoms with Crippen LogP contribution in [-0.2, 0) is 0 Å². The van der Waals surface area contributed by atoms with Gasteiger partial charge in [0.1, 0.15) is 23.0 Å². The van der Waals surface area contributed by atoms with Crippen LogP contribution in [-0.4, -0.2) is 40.0 Å². The Morgan fingerprint density at radius 1 is 0.529 bits per heavy atom. The molecule has 0 radical (unpaired) electrons. The number of methoxy groups -OCH3 is 4. The summed E-state index contributed by atoms with van der Waals surface area (Å²) >= 11 is 0. The highest BCUT2D eigenvalue weighted by atomic mass is 16.5. The largest absolute Gasteiger partial charge is 0.496 e. The molecule has 3 aromatic carbocycles. The van der Waals surface area contributed by atoms with Crippen molar-refractivity contribution in [2.75, 3.05) is 28.4 Å². The quantitative estimate of drug-likeness (QED) is 0.295. The maximum atomic E-state index is 12.7. The van der Waals surface area contributed by atoms with Crippen LogP contribution in [0, 0.1) is 0 Å². The first-order valence-electron chi connectivity index (χ1n) is 10.5. The highest BCUT2D eigenvalue weighted by Crippen LogP contribution is 2.30. The summed E-state index contributed by atoms with van der Waals surface area (Å²) in [4.78, 5) is 25.3. The van der Waals surface area contributed by atoms with Crippen molar-refractivity contribution in [2.24, 2.45) is 0 Å². The van der Waals surface area contributed by atoms with Crippen LogP contribution in [0.1, 0.15) is 31.8 Å². The van der Waals surface area contributed by atoms with Gasteiger partial charge in [-0.25, -0.2) is 0 Å². The van der Waals surface area contributed by atoms with Crippen molar-refractivity contribution in [3.05, 3.63) is 95.1 Å². The molecule has 34 heavy (non-hydrogen) atoms. The second kappa shape index (κ2) is 11.5. The van der Waals surface area contributed by atoms with Gasteiger partial charge >= 0.3 is 0 Å². The molecule has 0 aliphatic carbocycles. The summed E-state index contributed by atoms with van der Waals surface area (Å²) in [5.41, 5.74) is 2.25. The van der Waals surface area contributed by atoms with Crippen LogP contribution in [0.25, 0.3) is 12.2 Å². The number of hydrogen-bond acceptors (Lipinski definition) is 6. The van der Waals surface area contributed by atoms with Crippen LogP contribution in [0.15, 0.2) is 72.8 Å². The Kier molecular flexibility index (Phi) is 8.24. The second-order valence-corrected chi connectivity index (χ2v) is 7.12. The number of rotatable bonds is 10. The molecule has 174 valence electrons. The third kappa shape index (κ3) is 5.53. The van der Waals surface area contributed by atoms with Crippen molar-refractivity contribution in [1.29, 1.82) is 0 Å². The van der Waals surface area contributed by atoms with Crippen molar-refractivity contribution in [2.45, 2.75) is 0 Å². The third-order valence-corrected chi connectivity index (χ3v) is 5.19. The zero-order chi connectivity index (χ0) is 24.5. The lowest BCUT2D eigenvalue weighted by molar-refractivity contribution is 0.103. The molecule has 0 spiro atoms. The fraction of sp³-hybridized carbons (Fsp3) is 0.143. The zero-order valence-electron chi connectivity index (χ0n) is 19.5. The predicted molar refractivity (Wildman–Crippen MR) is 132 cm³/mol. The SMILES string of the molecule is COc1cccc(OC)c1/C=C/C(=O)c1ccc(C(=O)/C=C/c2c(OC)cccc2OC)cc1. The molecule has 0 saturated heterocycles. The summed E-state index contributed by atoms with van der Waals surface area (Å²) < 4.78 is 21.4. The van der Waals surface area contributed by atoms with E-state index < -0.39 is 0 Å². The predicted octanol–water partition coefficient (Wildman–Crippen LogP) is 5.51. The maximum absolute atomic E-state index is 12.7. The number of ketones is 2. The molecule has 0 amide bonds. The van der Waals surface area contributed by atoms with Crippen molar-refractivity contribution in [3.63, 3.8) is 0 Å². The third-order valence-electron chi connectivity index (χ3n) is 5.19. The van der Waals surface area contributed by atoms with Gasteiger partial charge in [0.15, 0.2) is 11.6 Å². The standard InChI is InChI=1S/C28H26O6/c1-31-25-7-5-8-26(32-2)21(25)15-17-23(29)19-11-13-20(14-12-19)24(30)18-16-22-27(33-3)9-6-10-28(22)34-4/h5-18H,1-4H3/b17-15+,18-16+. The van der Waals surface area contributed by atoms with Gasteiger partial charge in [-0.2, -0.15) is 0 Å². The molecule has 3 rings (SSSR count). The normalized spacial score (nSPS) is 10.9. The summed E-state index contributed by atoms with van der Waals surface area (Å²) in [6.45, 7) is 0. The summed E-state index contributed by atoms with van der Waals surface area (Å²) in [6, 6.07) is 17.3. The van der Waals surface area contributed by atoms with Crippen molar-refractivity contribution >= 4 is 23.7 Å². The van der Waals surface area contributed by atoms with E-state index >= 15 is 0 Å². The molecule has 0 aliphatic heterocycles. The van der Waals surface area contributed by atoms with E-state index in [1.54, 1.807) is 89.1 Å². The van der Waals surface area contributed by atoms with E-state index in [1.807, 2.05) is 12.1 Å². The van der Waals surface area contributed by atoms with Gasteiger partial charge in [0, 0.05) is 11.1 Å². The van der Waals surface area contributed by atoms with E-state index in [-0.39, 0.29) is 11.6 Å². The monoisotopic (exact) mass is 458 g/mol. The van der Waals surface area contributed by atoms with Gasteiger partial charge in [0.2, 0.25) is 0 Å². The highest BCUT2D eigenvalue weighted by molar-refractivity contribution is 6.10. The first-order valence-corrected chi connectivity index (χ1v) is 10.5. The molecule has 0 heterocycles. The Morgan fingerprint density at radius 2 is 0.824 bits per heavy atom. The summed E-state index contributed by atoms with van der Waals surface area (Å²) in [5, 5.41) is 0. The lowest BCUT2D eigenvalue weighted by Gasteiger charge is -2.09. The van der Waals surface area contributed by atoms with Crippen LogP contribution < -0.4 is 18.9 Å². The van der Waals surface area contributed by atoms with Gasteiger partial charge in [0.05, 0.1) is 39.6 Å². The van der Waals surface area contributed by atoms with Gasteiger partial charge in [-0.15, -0.1) is 0 Å². The van der Waals surface area contributed by atoms with Crippen LogP contribution in [0.5, 0.6) is 23.0 Å². The van der Waals surface area contributed by atoms with Crippen LogP contribution >= 0.6 is 0 Å². The van der Waals surface area contributed by atoms with E-state index in [2.05, 4.69) is 0 Å². The van der Waals surface area contributed by atoms with Crippen molar-refractivity contribution in [1.82, 2.24) is 0 Å². The molecule has 0 bridgehead atoms. The highest BCUT2D eigenvalue weighted by Gasteiger charge is 2.10. The molecule has 0 unspecified atom stereocenters. The Hall–Kier alpha value is -4.32. The molecule has 0 saturated carbocycles. The first kappa shape index (κ1) is 24.3. The fourth-order valence-corrected chi connectivity index (χ4v) is 3.40. The Morgan fingerprint density at radius 3 is 1.09 bits per heavy atom. The molecule has 3 aromatic rings. The van der Waals surface area contributed by atoms with E-state index in [4.69, 9.17) is 18.9 Å². The average Bonchev–Trinajstić information content (AvgIpc) is 2.89. The molecular formula is C28H26O6.